The SMILES string of the molecule is C=C(N)/C=C(/F)C(=C)N(C)CCN(C)C(=C)C(F)(F)CB(C)C#N. The first kappa shape index (κ1) is 21.7. The van der Waals surface area contributed by atoms with Crippen molar-refractivity contribution in [2.45, 2.75) is 19.1 Å². The van der Waals surface area contributed by atoms with Gasteiger partial charge in [-0.25, -0.2) is 18.4 Å². The van der Waals surface area contributed by atoms with Gasteiger partial charge >= 0.3 is 0 Å². The van der Waals surface area contributed by atoms with Gasteiger partial charge in [0.1, 0.15) is 5.83 Å². The van der Waals surface area contributed by atoms with E-state index in [4.69, 9.17) is 11.0 Å². The first-order valence-corrected chi connectivity index (χ1v) is 7.32. The van der Waals surface area contributed by atoms with Crippen LogP contribution in [0.3, 0.4) is 0 Å². The van der Waals surface area contributed by atoms with Crippen LogP contribution >= 0.6 is 0 Å². The zero-order valence-electron chi connectivity index (χ0n) is 14.5. The Labute approximate surface area is 142 Å². The molecular formula is C16H24BF3N4. The van der Waals surface area contributed by atoms with Crippen molar-refractivity contribution >= 4 is 6.71 Å². The Morgan fingerprint density at radius 3 is 2.21 bits per heavy atom. The Hall–Kier alpha value is -2.30. The molecule has 132 valence electrons. The quantitative estimate of drug-likeness (QED) is 0.491. The largest absolute Gasteiger partial charge is 0.399 e. The zero-order valence-corrected chi connectivity index (χ0v) is 14.5. The van der Waals surface area contributed by atoms with Gasteiger partial charge in [-0.15, -0.1) is 0 Å². The number of allylic oxidation sites excluding steroid dienone is 3. The Bertz CT molecular complexity index is 566. The number of hydrogen-bond donors (Lipinski definition) is 1. The molecule has 0 heterocycles. The van der Waals surface area contributed by atoms with Crippen molar-refractivity contribution in [3.63, 3.8) is 0 Å². The fourth-order valence-corrected chi connectivity index (χ4v) is 1.83. The van der Waals surface area contributed by atoms with E-state index in [0.717, 1.165) is 6.08 Å². The molecule has 0 aliphatic carbocycles. The summed E-state index contributed by atoms with van der Waals surface area (Å²) in [5.74, 6) is -2.03. The highest BCUT2D eigenvalue weighted by atomic mass is 19.3. The molecule has 0 bridgehead atoms. The summed E-state index contributed by atoms with van der Waals surface area (Å²) < 4.78 is 41.8. The molecule has 0 saturated carbocycles. The third-order valence-corrected chi connectivity index (χ3v) is 3.49. The van der Waals surface area contributed by atoms with Crippen molar-refractivity contribution in [3.05, 3.63) is 48.7 Å². The lowest BCUT2D eigenvalue weighted by molar-refractivity contribution is 0.0342. The fraction of sp³-hybridized carbons (Fsp3) is 0.438. The summed E-state index contributed by atoms with van der Waals surface area (Å²) in [5, 5.41) is 8.67. The summed E-state index contributed by atoms with van der Waals surface area (Å²) in [7, 11) is 3.05. The van der Waals surface area contributed by atoms with E-state index in [1.807, 2.05) is 0 Å². The van der Waals surface area contributed by atoms with Gasteiger partial charge in [-0.3, -0.25) is 0 Å². The van der Waals surface area contributed by atoms with E-state index in [9.17, 15) is 13.2 Å². The van der Waals surface area contributed by atoms with Crippen molar-refractivity contribution in [1.82, 2.24) is 9.80 Å². The van der Waals surface area contributed by atoms with Crippen LogP contribution in [-0.4, -0.2) is 49.6 Å². The summed E-state index contributed by atoms with van der Waals surface area (Å²) in [5.41, 5.74) is 5.04. The summed E-state index contributed by atoms with van der Waals surface area (Å²) >= 11 is 0. The highest BCUT2D eigenvalue weighted by Gasteiger charge is 2.37. The van der Waals surface area contributed by atoms with Crippen LogP contribution in [0.4, 0.5) is 13.2 Å². The molecule has 0 amide bonds. The average Bonchev–Trinajstić information content (AvgIpc) is 2.49. The minimum atomic E-state index is -3.18. The van der Waals surface area contributed by atoms with Crippen molar-refractivity contribution < 1.29 is 13.2 Å². The Morgan fingerprint density at radius 1 is 1.25 bits per heavy atom. The van der Waals surface area contributed by atoms with Crippen molar-refractivity contribution in [1.29, 1.82) is 5.26 Å². The van der Waals surface area contributed by atoms with Crippen molar-refractivity contribution in [2.24, 2.45) is 5.73 Å². The highest BCUT2D eigenvalue weighted by molar-refractivity contribution is 6.65. The van der Waals surface area contributed by atoms with Crippen LogP contribution in [0.15, 0.2) is 48.7 Å². The number of alkyl halides is 2. The molecule has 0 spiro atoms. The van der Waals surface area contributed by atoms with Gasteiger partial charge in [-0.1, -0.05) is 26.6 Å². The van der Waals surface area contributed by atoms with Crippen LogP contribution in [-0.2, 0) is 0 Å². The first-order valence-electron chi connectivity index (χ1n) is 7.32. The molecular weight excluding hydrogens is 316 g/mol. The molecule has 8 heteroatoms. The molecule has 24 heavy (non-hydrogen) atoms. The zero-order chi connectivity index (χ0) is 19.1. The molecule has 4 nitrogen and oxygen atoms in total. The van der Waals surface area contributed by atoms with E-state index in [2.05, 4.69) is 19.7 Å². The molecule has 2 N–H and O–H groups in total. The number of halogens is 3. The molecule has 0 saturated heterocycles. The van der Waals surface area contributed by atoms with Gasteiger partial charge in [0.05, 0.1) is 11.4 Å². The van der Waals surface area contributed by atoms with Crippen LogP contribution in [0.5, 0.6) is 0 Å². The molecule has 0 aromatic heterocycles. The number of nitriles is 1. The van der Waals surface area contributed by atoms with E-state index in [-0.39, 0.29) is 30.2 Å². The number of nitrogens with two attached hydrogens (primary N) is 1. The van der Waals surface area contributed by atoms with Gasteiger partial charge in [0.25, 0.3) is 12.6 Å². The minimum Gasteiger partial charge on any atom is -0.399 e. The Balaban J connectivity index is 4.70. The number of nitrogens with zero attached hydrogens (tertiary/aromatic N) is 3. The second-order valence-electron chi connectivity index (χ2n) is 5.74. The third kappa shape index (κ3) is 6.86. The van der Waals surface area contributed by atoms with E-state index < -0.39 is 24.8 Å². The molecule has 0 aromatic rings. The van der Waals surface area contributed by atoms with E-state index in [1.165, 1.54) is 23.7 Å². The lowest BCUT2D eigenvalue weighted by Gasteiger charge is -2.30. The van der Waals surface area contributed by atoms with Crippen LogP contribution in [0, 0.1) is 11.2 Å². The van der Waals surface area contributed by atoms with E-state index in [1.54, 1.807) is 13.0 Å². The molecule has 0 aliphatic rings. The maximum Gasteiger partial charge on any atom is 0.281 e. The van der Waals surface area contributed by atoms with Crippen LogP contribution in [0.2, 0.25) is 13.1 Å². The lowest BCUT2D eigenvalue weighted by Crippen LogP contribution is -2.37. The Morgan fingerprint density at radius 2 is 1.75 bits per heavy atom. The van der Waals surface area contributed by atoms with Gasteiger partial charge in [0.2, 0.25) is 0 Å². The molecule has 0 radical (unpaired) electrons. The highest BCUT2D eigenvalue weighted by Crippen LogP contribution is 2.30. The molecule has 0 atom stereocenters. The van der Waals surface area contributed by atoms with E-state index >= 15 is 0 Å². The molecule has 0 aliphatic heterocycles. The minimum absolute atomic E-state index is 0.0544. The summed E-state index contributed by atoms with van der Waals surface area (Å²) in [6, 6.07) is 0. The van der Waals surface area contributed by atoms with Gasteiger partial charge in [0.15, 0.2) is 0 Å². The smallest absolute Gasteiger partial charge is 0.281 e. The second kappa shape index (κ2) is 9.11. The maximum absolute atomic E-state index is 14.0. The number of hydrogen-bond acceptors (Lipinski definition) is 4. The van der Waals surface area contributed by atoms with Gasteiger partial charge in [0, 0.05) is 45.2 Å². The van der Waals surface area contributed by atoms with Crippen molar-refractivity contribution in [3.8, 4) is 5.97 Å². The van der Waals surface area contributed by atoms with Crippen LogP contribution in [0.25, 0.3) is 0 Å². The van der Waals surface area contributed by atoms with Gasteiger partial charge < -0.3 is 15.5 Å². The average molecular weight is 340 g/mol. The maximum atomic E-state index is 14.0. The third-order valence-electron chi connectivity index (χ3n) is 3.49. The van der Waals surface area contributed by atoms with Crippen LogP contribution in [0.1, 0.15) is 0 Å². The van der Waals surface area contributed by atoms with Crippen molar-refractivity contribution in [2.75, 3.05) is 27.2 Å². The van der Waals surface area contributed by atoms with Gasteiger partial charge in [-0.2, -0.15) is 0 Å². The summed E-state index contributed by atoms with van der Waals surface area (Å²) in [6.07, 6.45) is 0.449. The normalized spacial score (nSPS) is 11.5. The molecule has 0 aromatic carbocycles. The second-order valence-corrected chi connectivity index (χ2v) is 5.74. The number of rotatable bonds is 10. The summed E-state index contributed by atoms with van der Waals surface area (Å²) in [6.45, 7) is 11.5. The molecule has 0 fully saturated rings. The van der Waals surface area contributed by atoms with E-state index in [0.29, 0.717) is 0 Å². The fourth-order valence-electron chi connectivity index (χ4n) is 1.83. The molecule has 0 rings (SSSR count). The van der Waals surface area contributed by atoms with Crippen LogP contribution < -0.4 is 5.73 Å². The topological polar surface area (TPSA) is 56.3 Å². The molecule has 0 unspecified atom stereocenters. The number of likely N-dealkylation sites (N-methyl/N-ethyl adjacent to an activating group) is 2. The first-order chi connectivity index (χ1) is 10.9. The van der Waals surface area contributed by atoms with Gasteiger partial charge in [-0.05, 0) is 6.08 Å². The Kier molecular flexibility index (Phi) is 8.24. The summed E-state index contributed by atoms with van der Waals surface area (Å²) in [4.78, 5) is 2.77. The lowest BCUT2D eigenvalue weighted by atomic mass is 9.50. The predicted molar refractivity (Wildman–Crippen MR) is 93.0 cm³/mol. The predicted octanol–water partition coefficient (Wildman–Crippen LogP) is 3.03. The monoisotopic (exact) mass is 340 g/mol. The standard InChI is InChI=1S/C16H24BF3N4/c1-12(22)9-15(18)13(2)23(5)7-8-24(6)14(3)16(19,20)10-17(4)11-21/h9H,1-3,7-8,10,22H2,4-6H3/b15-9+.